The maximum atomic E-state index is 12.5. The van der Waals surface area contributed by atoms with Crippen molar-refractivity contribution < 1.29 is 18.0 Å². The van der Waals surface area contributed by atoms with Crippen LogP contribution in [-0.2, 0) is 14.8 Å². The maximum absolute atomic E-state index is 12.5. The molecule has 1 aromatic carbocycles. The monoisotopic (exact) mass is 307 g/mol. The molecular weight excluding hydrogens is 294 g/mol. The first kappa shape index (κ1) is 13.6. The minimum absolute atomic E-state index is 0.187. The third-order valence-corrected chi connectivity index (χ3v) is 5.17. The highest BCUT2D eigenvalue weighted by atomic mass is 32.2. The van der Waals surface area contributed by atoms with Crippen LogP contribution in [0.2, 0.25) is 0 Å². The highest BCUT2D eigenvalue weighted by Gasteiger charge is 2.37. The largest absolute Gasteiger partial charge is 0.331 e. The second-order valence-corrected chi connectivity index (χ2v) is 6.64. The number of sulfonamides is 1. The first-order valence-electron chi connectivity index (χ1n) is 6.21. The van der Waals surface area contributed by atoms with Crippen LogP contribution in [-0.4, -0.2) is 31.4 Å². The predicted molar refractivity (Wildman–Crippen MR) is 75.2 cm³/mol. The minimum Gasteiger partial charge on any atom is -0.319 e. The first-order chi connectivity index (χ1) is 9.84. The van der Waals surface area contributed by atoms with E-state index in [9.17, 15) is 13.2 Å². The van der Waals surface area contributed by atoms with Gasteiger partial charge in [0.25, 0.3) is 10.0 Å². The number of hydrogen-bond donors (Lipinski definition) is 0. The first-order valence-corrected chi connectivity index (χ1v) is 7.65. The molecule has 1 aliphatic rings. The molecule has 7 nitrogen and oxygen atoms in total. The van der Waals surface area contributed by atoms with Crippen LogP contribution in [0.15, 0.2) is 29.2 Å². The molecular formula is C13H13N3O4S. The smallest absolute Gasteiger partial charge is 0.319 e. The third-order valence-electron chi connectivity index (χ3n) is 3.36. The SMILES string of the molecule is CC(=O)On1nc2c(c1C)N(C)S(=O)(=O)c1ccccc1-2. The number of carbonyl (C=O) groups is 1. The molecule has 1 aromatic heterocycles. The molecule has 110 valence electrons. The van der Waals surface area contributed by atoms with Crippen LogP contribution >= 0.6 is 0 Å². The molecule has 1 aliphatic heterocycles. The summed E-state index contributed by atoms with van der Waals surface area (Å²) in [5, 5.41) is 4.22. The Kier molecular flexibility index (Phi) is 2.80. The molecule has 3 rings (SSSR count). The van der Waals surface area contributed by atoms with Gasteiger partial charge in [-0.2, -0.15) is 0 Å². The Morgan fingerprint density at radius 2 is 1.95 bits per heavy atom. The van der Waals surface area contributed by atoms with Crippen molar-refractivity contribution in [3.05, 3.63) is 30.0 Å². The summed E-state index contributed by atoms with van der Waals surface area (Å²) in [4.78, 5) is 17.3. The van der Waals surface area contributed by atoms with Crippen LogP contribution in [0.1, 0.15) is 12.6 Å². The Hall–Kier alpha value is -2.35. The van der Waals surface area contributed by atoms with Gasteiger partial charge in [0.05, 0.1) is 4.90 Å². The summed E-state index contributed by atoms with van der Waals surface area (Å²) in [6.45, 7) is 2.91. The summed E-state index contributed by atoms with van der Waals surface area (Å²) in [5.74, 6) is -0.531. The molecule has 2 aromatic rings. The van der Waals surface area contributed by atoms with Crippen LogP contribution in [0, 0.1) is 6.92 Å². The lowest BCUT2D eigenvalue weighted by molar-refractivity contribution is -0.143. The fourth-order valence-corrected chi connectivity index (χ4v) is 3.85. The van der Waals surface area contributed by atoms with Gasteiger partial charge in [0.1, 0.15) is 17.1 Å². The van der Waals surface area contributed by atoms with E-state index in [0.29, 0.717) is 22.6 Å². The maximum Gasteiger partial charge on any atom is 0.331 e. The lowest BCUT2D eigenvalue weighted by atomic mass is 10.1. The predicted octanol–water partition coefficient (Wildman–Crippen LogP) is 0.972. The zero-order valence-electron chi connectivity index (χ0n) is 11.7. The minimum atomic E-state index is -3.63. The van der Waals surface area contributed by atoms with Crippen molar-refractivity contribution in [1.82, 2.24) is 9.94 Å². The van der Waals surface area contributed by atoms with Crippen molar-refractivity contribution in [2.24, 2.45) is 0 Å². The molecule has 21 heavy (non-hydrogen) atoms. The molecule has 0 saturated heterocycles. The van der Waals surface area contributed by atoms with Crippen molar-refractivity contribution in [2.45, 2.75) is 18.7 Å². The number of hydrogen-bond acceptors (Lipinski definition) is 5. The van der Waals surface area contributed by atoms with E-state index in [-0.39, 0.29) is 4.90 Å². The molecule has 0 amide bonds. The molecule has 0 N–H and O–H groups in total. The Morgan fingerprint density at radius 3 is 2.62 bits per heavy atom. The summed E-state index contributed by atoms with van der Waals surface area (Å²) < 4.78 is 26.2. The van der Waals surface area contributed by atoms with Gasteiger partial charge in [-0.25, -0.2) is 13.2 Å². The molecule has 0 fully saturated rings. The van der Waals surface area contributed by atoms with Crippen LogP contribution in [0.25, 0.3) is 11.3 Å². The van der Waals surface area contributed by atoms with E-state index in [1.807, 2.05) is 0 Å². The van der Waals surface area contributed by atoms with Gasteiger partial charge >= 0.3 is 5.97 Å². The highest BCUT2D eigenvalue weighted by molar-refractivity contribution is 7.93. The number of rotatable bonds is 1. The van der Waals surface area contributed by atoms with E-state index in [4.69, 9.17) is 4.84 Å². The van der Waals surface area contributed by atoms with Crippen LogP contribution < -0.4 is 9.14 Å². The van der Waals surface area contributed by atoms with Crippen molar-refractivity contribution in [1.29, 1.82) is 0 Å². The van der Waals surface area contributed by atoms with Gasteiger partial charge in [-0.1, -0.05) is 23.0 Å². The Bertz CT molecular complexity index is 854. The molecule has 0 unspecified atom stereocenters. The average molecular weight is 307 g/mol. The van der Waals surface area contributed by atoms with Crippen LogP contribution in [0.5, 0.6) is 0 Å². The van der Waals surface area contributed by atoms with E-state index in [0.717, 1.165) is 9.15 Å². The van der Waals surface area contributed by atoms with Gasteiger partial charge in [0, 0.05) is 19.5 Å². The molecule has 0 aliphatic carbocycles. The second kappa shape index (κ2) is 4.32. The zero-order chi connectivity index (χ0) is 15.4. The molecule has 8 heteroatoms. The van der Waals surface area contributed by atoms with E-state index >= 15 is 0 Å². The topological polar surface area (TPSA) is 81.5 Å². The van der Waals surface area contributed by atoms with Gasteiger partial charge in [-0.15, -0.1) is 5.10 Å². The molecule has 0 radical (unpaired) electrons. The molecule has 2 heterocycles. The molecule has 0 bridgehead atoms. The lowest BCUT2D eigenvalue weighted by Gasteiger charge is -2.25. The Morgan fingerprint density at radius 1 is 1.29 bits per heavy atom. The number of nitrogens with zero attached hydrogens (tertiary/aromatic N) is 3. The Balaban J connectivity index is 2.33. The number of benzene rings is 1. The molecule has 0 saturated carbocycles. The summed E-state index contributed by atoms with van der Waals surface area (Å²) in [6.07, 6.45) is 0. The fourth-order valence-electron chi connectivity index (χ4n) is 2.40. The van der Waals surface area contributed by atoms with E-state index in [1.165, 1.54) is 20.0 Å². The van der Waals surface area contributed by atoms with Crippen molar-refractivity contribution in [2.75, 3.05) is 11.4 Å². The fraction of sp³-hybridized carbons (Fsp3) is 0.231. The standard InChI is InChI=1S/C13H13N3O4S/c1-8-13-12(14-16(8)20-9(2)17)10-6-4-5-7-11(10)21(18,19)15(13)3/h4-7H,1-3H3. The van der Waals surface area contributed by atoms with Crippen molar-refractivity contribution in [3.63, 3.8) is 0 Å². The van der Waals surface area contributed by atoms with Gasteiger partial charge in [0.2, 0.25) is 0 Å². The van der Waals surface area contributed by atoms with Gasteiger partial charge in [-0.3, -0.25) is 4.31 Å². The number of anilines is 1. The average Bonchev–Trinajstić information content (AvgIpc) is 2.74. The third kappa shape index (κ3) is 1.83. The summed E-state index contributed by atoms with van der Waals surface area (Å²) >= 11 is 0. The quantitative estimate of drug-likeness (QED) is 0.784. The van der Waals surface area contributed by atoms with Crippen molar-refractivity contribution in [3.8, 4) is 11.3 Å². The summed E-state index contributed by atoms with van der Waals surface area (Å²) in [7, 11) is -2.18. The molecule has 0 atom stereocenters. The second-order valence-electron chi connectivity index (χ2n) is 4.71. The van der Waals surface area contributed by atoms with Gasteiger partial charge in [-0.05, 0) is 13.0 Å². The Labute approximate surface area is 121 Å². The molecule has 0 spiro atoms. The lowest BCUT2D eigenvalue weighted by Crippen LogP contribution is -2.30. The summed E-state index contributed by atoms with van der Waals surface area (Å²) in [5.41, 5.74) is 1.83. The van der Waals surface area contributed by atoms with Crippen LogP contribution in [0.3, 0.4) is 0 Å². The van der Waals surface area contributed by atoms with E-state index in [2.05, 4.69) is 5.10 Å². The van der Waals surface area contributed by atoms with E-state index < -0.39 is 16.0 Å². The highest BCUT2D eigenvalue weighted by Crippen LogP contribution is 2.42. The van der Waals surface area contributed by atoms with Gasteiger partial charge in [0.15, 0.2) is 0 Å². The van der Waals surface area contributed by atoms with Crippen molar-refractivity contribution >= 4 is 21.7 Å². The number of carbonyl (C=O) groups excluding carboxylic acids is 1. The van der Waals surface area contributed by atoms with Gasteiger partial charge < -0.3 is 4.84 Å². The van der Waals surface area contributed by atoms with E-state index in [1.54, 1.807) is 25.1 Å². The number of fused-ring (bicyclic) bond motifs is 3. The van der Waals surface area contributed by atoms with Crippen LogP contribution in [0.4, 0.5) is 5.69 Å². The summed E-state index contributed by atoms with van der Waals surface area (Å²) in [6, 6.07) is 6.61. The number of aromatic nitrogens is 2. The zero-order valence-corrected chi connectivity index (χ0v) is 12.5. The normalized spacial score (nSPS) is 15.3.